The van der Waals surface area contributed by atoms with E-state index in [1.807, 2.05) is 0 Å². The Kier molecular flexibility index (Phi) is 5.56. The first kappa shape index (κ1) is 8.25. The average Bonchev–Trinajstić information content (AvgIpc) is 1.83. The summed E-state index contributed by atoms with van der Waals surface area (Å²) in [7, 11) is 1.67. The van der Waals surface area contributed by atoms with Gasteiger partial charge in [-0.3, -0.25) is 0 Å². The van der Waals surface area contributed by atoms with Crippen LogP contribution in [0.4, 0.5) is 0 Å². The van der Waals surface area contributed by atoms with Gasteiger partial charge in [0.2, 0.25) is 0 Å². The van der Waals surface area contributed by atoms with Crippen LogP contribution in [0.1, 0.15) is 12.8 Å². The molecular formula is C6H12ClO. The van der Waals surface area contributed by atoms with Gasteiger partial charge in [0, 0.05) is 19.1 Å². The molecule has 49 valence electrons. The zero-order chi connectivity index (χ0) is 6.41. The van der Waals surface area contributed by atoms with Crippen LogP contribution in [0, 0.1) is 6.92 Å². The minimum absolute atomic E-state index is 0.190. The summed E-state index contributed by atoms with van der Waals surface area (Å²) >= 11 is 5.70. The molecule has 1 radical (unpaired) electrons. The third-order valence-corrected chi connectivity index (χ3v) is 1.38. The second-order valence-electron chi connectivity index (χ2n) is 1.67. The van der Waals surface area contributed by atoms with Gasteiger partial charge in [-0.2, -0.15) is 0 Å². The molecule has 0 aliphatic carbocycles. The van der Waals surface area contributed by atoms with Gasteiger partial charge < -0.3 is 4.74 Å². The van der Waals surface area contributed by atoms with Crippen molar-refractivity contribution in [2.24, 2.45) is 0 Å². The van der Waals surface area contributed by atoms with Crippen molar-refractivity contribution >= 4 is 11.6 Å². The van der Waals surface area contributed by atoms with Gasteiger partial charge >= 0.3 is 0 Å². The number of methoxy groups -OCH3 is 1. The number of hydrogen-bond acceptors (Lipinski definition) is 1. The molecule has 1 unspecified atom stereocenters. The molecule has 0 aliphatic rings. The summed E-state index contributed by atoms with van der Waals surface area (Å²) in [6, 6.07) is 0. The lowest BCUT2D eigenvalue weighted by Gasteiger charge is -2.02. The zero-order valence-electron chi connectivity index (χ0n) is 5.19. The predicted octanol–water partition coefficient (Wildman–Crippen LogP) is 1.85. The molecule has 0 saturated carbocycles. The van der Waals surface area contributed by atoms with Gasteiger partial charge in [0.25, 0.3) is 0 Å². The van der Waals surface area contributed by atoms with Gasteiger partial charge in [-0.05, 0) is 12.8 Å². The Morgan fingerprint density at radius 3 is 2.75 bits per heavy atom. The molecule has 0 fully saturated rings. The molecule has 0 spiro atoms. The fourth-order valence-corrected chi connectivity index (χ4v) is 0.479. The van der Waals surface area contributed by atoms with Crippen molar-refractivity contribution in [2.75, 3.05) is 13.7 Å². The number of ether oxygens (including phenoxy) is 1. The topological polar surface area (TPSA) is 9.23 Å². The molecule has 0 aromatic rings. The fourth-order valence-electron chi connectivity index (χ4n) is 0.390. The molecule has 0 aromatic heterocycles. The maximum Gasteiger partial charge on any atom is 0.0476 e. The van der Waals surface area contributed by atoms with Gasteiger partial charge in [-0.15, -0.1) is 11.6 Å². The molecule has 0 bridgehead atoms. The van der Waals surface area contributed by atoms with Crippen LogP contribution in [0.5, 0.6) is 0 Å². The van der Waals surface area contributed by atoms with Crippen molar-refractivity contribution in [1.29, 1.82) is 0 Å². The maximum atomic E-state index is 5.70. The average molecular weight is 136 g/mol. The van der Waals surface area contributed by atoms with Crippen molar-refractivity contribution in [1.82, 2.24) is 0 Å². The highest BCUT2D eigenvalue weighted by atomic mass is 35.5. The van der Waals surface area contributed by atoms with E-state index in [9.17, 15) is 0 Å². The van der Waals surface area contributed by atoms with Gasteiger partial charge in [0.1, 0.15) is 0 Å². The van der Waals surface area contributed by atoms with E-state index in [2.05, 4.69) is 6.92 Å². The van der Waals surface area contributed by atoms with E-state index in [0.717, 1.165) is 19.4 Å². The number of halogens is 1. The third-order valence-electron chi connectivity index (χ3n) is 0.948. The molecule has 0 N–H and O–H groups in total. The van der Waals surface area contributed by atoms with Crippen LogP contribution in [0.25, 0.3) is 0 Å². The summed E-state index contributed by atoms with van der Waals surface area (Å²) in [6.45, 7) is 4.39. The highest BCUT2D eigenvalue weighted by Gasteiger charge is 1.97. The van der Waals surface area contributed by atoms with Crippen LogP contribution >= 0.6 is 11.6 Å². The zero-order valence-corrected chi connectivity index (χ0v) is 5.95. The Morgan fingerprint density at radius 2 is 2.38 bits per heavy atom. The Labute approximate surface area is 56.0 Å². The van der Waals surface area contributed by atoms with E-state index in [1.54, 1.807) is 7.11 Å². The second kappa shape index (κ2) is 5.39. The second-order valence-corrected chi connectivity index (χ2v) is 2.28. The summed E-state index contributed by atoms with van der Waals surface area (Å²) in [5, 5.41) is 0.190. The van der Waals surface area contributed by atoms with Gasteiger partial charge in [-0.1, -0.05) is 6.92 Å². The Morgan fingerprint density at radius 1 is 1.75 bits per heavy atom. The highest BCUT2D eigenvalue weighted by molar-refractivity contribution is 6.20. The van der Waals surface area contributed by atoms with E-state index in [0.29, 0.717) is 0 Å². The first-order valence-electron chi connectivity index (χ1n) is 2.73. The summed E-state index contributed by atoms with van der Waals surface area (Å²) in [6.07, 6.45) is 1.69. The molecule has 1 atom stereocenters. The van der Waals surface area contributed by atoms with E-state index in [4.69, 9.17) is 16.3 Å². The lowest BCUT2D eigenvalue weighted by Crippen LogP contribution is -2.00. The van der Waals surface area contributed by atoms with Crippen LogP contribution < -0.4 is 0 Å². The van der Waals surface area contributed by atoms with Gasteiger partial charge in [0.05, 0.1) is 0 Å². The summed E-state index contributed by atoms with van der Waals surface area (Å²) < 4.78 is 4.80. The van der Waals surface area contributed by atoms with E-state index >= 15 is 0 Å². The van der Waals surface area contributed by atoms with Crippen LogP contribution in [0.2, 0.25) is 0 Å². The fraction of sp³-hybridized carbons (Fsp3) is 0.833. The minimum Gasteiger partial charge on any atom is -0.385 e. The normalized spacial score (nSPS) is 13.9. The Bertz CT molecular complexity index is 47.8. The standard InChI is InChI=1S/C6H12ClO/c1-3-6(7)4-5-8-2/h6H,1,3-5H2,2H3. The number of alkyl halides is 1. The largest absolute Gasteiger partial charge is 0.385 e. The van der Waals surface area contributed by atoms with Gasteiger partial charge in [-0.25, -0.2) is 0 Å². The first-order valence-corrected chi connectivity index (χ1v) is 3.17. The number of rotatable bonds is 4. The Balaban J connectivity index is 2.86. The molecule has 0 amide bonds. The summed E-state index contributed by atoms with van der Waals surface area (Å²) in [5.74, 6) is 0. The van der Waals surface area contributed by atoms with Gasteiger partial charge in [0.15, 0.2) is 0 Å². The molecule has 0 aliphatic heterocycles. The van der Waals surface area contributed by atoms with Crippen LogP contribution in [0.15, 0.2) is 0 Å². The molecule has 0 saturated heterocycles. The highest BCUT2D eigenvalue weighted by Crippen LogP contribution is 2.04. The smallest absolute Gasteiger partial charge is 0.0476 e. The summed E-state index contributed by atoms with van der Waals surface area (Å²) in [5.41, 5.74) is 0. The maximum absolute atomic E-state index is 5.70. The van der Waals surface area contributed by atoms with E-state index < -0.39 is 0 Å². The third kappa shape index (κ3) is 4.41. The van der Waals surface area contributed by atoms with Crippen LogP contribution in [-0.4, -0.2) is 19.1 Å². The Hall–Kier alpha value is 0.250. The lowest BCUT2D eigenvalue weighted by atomic mass is 10.2. The van der Waals surface area contributed by atoms with Crippen molar-refractivity contribution in [3.8, 4) is 0 Å². The first-order chi connectivity index (χ1) is 3.81. The van der Waals surface area contributed by atoms with Crippen LogP contribution in [-0.2, 0) is 4.74 Å². The molecular weight excluding hydrogens is 124 g/mol. The SMILES string of the molecule is [CH2]CC(Cl)CCOC. The van der Waals surface area contributed by atoms with Crippen molar-refractivity contribution < 1.29 is 4.74 Å². The van der Waals surface area contributed by atoms with Crippen molar-refractivity contribution in [2.45, 2.75) is 18.2 Å². The molecule has 8 heavy (non-hydrogen) atoms. The molecule has 0 rings (SSSR count). The molecule has 2 heteroatoms. The van der Waals surface area contributed by atoms with E-state index in [1.165, 1.54) is 0 Å². The quantitative estimate of drug-likeness (QED) is 0.535. The monoisotopic (exact) mass is 135 g/mol. The number of hydrogen-bond donors (Lipinski definition) is 0. The van der Waals surface area contributed by atoms with Crippen molar-refractivity contribution in [3.63, 3.8) is 0 Å². The molecule has 0 aromatic carbocycles. The molecule has 1 nitrogen and oxygen atoms in total. The van der Waals surface area contributed by atoms with Crippen molar-refractivity contribution in [3.05, 3.63) is 6.92 Å². The van der Waals surface area contributed by atoms with E-state index in [-0.39, 0.29) is 5.38 Å². The minimum atomic E-state index is 0.190. The summed E-state index contributed by atoms with van der Waals surface area (Å²) in [4.78, 5) is 0. The lowest BCUT2D eigenvalue weighted by molar-refractivity contribution is 0.194. The predicted molar refractivity (Wildman–Crippen MR) is 36.1 cm³/mol. The van der Waals surface area contributed by atoms with Crippen LogP contribution in [0.3, 0.4) is 0 Å². The molecule has 0 heterocycles.